The fourth-order valence-corrected chi connectivity index (χ4v) is 6.38. The van der Waals surface area contributed by atoms with Gasteiger partial charge in [-0.2, -0.15) is 0 Å². The maximum Gasteiger partial charge on any atom is 0.254 e. The van der Waals surface area contributed by atoms with E-state index in [2.05, 4.69) is 44.7 Å². The molecule has 2 aliphatic rings. The summed E-state index contributed by atoms with van der Waals surface area (Å²) in [5, 5.41) is 6.89. The Morgan fingerprint density at radius 1 is 0.806 bits per heavy atom. The molecule has 7 heteroatoms. The summed E-state index contributed by atoms with van der Waals surface area (Å²) in [7, 11) is 0. The molecule has 6 nitrogen and oxygen atoms in total. The van der Waals surface area contributed by atoms with E-state index in [9.17, 15) is 9.59 Å². The molecule has 1 aliphatic carbocycles. The second-order valence-corrected chi connectivity index (χ2v) is 10.8. The van der Waals surface area contributed by atoms with Crippen molar-refractivity contribution < 1.29 is 9.59 Å². The number of amides is 2. The van der Waals surface area contributed by atoms with Crippen LogP contribution >= 0.6 is 11.3 Å². The molecule has 1 fully saturated rings. The monoisotopic (exact) mass is 502 g/mol. The molecule has 2 aromatic carbocycles. The predicted octanol–water partition coefficient (Wildman–Crippen LogP) is 4.31. The SMILES string of the molecule is O=C(CN1CCN(Cc2ccccc2)CC1)Nc1sc2c(c1C(=O)NCc1ccccc1)CCCC2. The van der Waals surface area contributed by atoms with Crippen LogP contribution in [0.25, 0.3) is 0 Å². The Kier molecular flexibility index (Phi) is 8.11. The maximum absolute atomic E-state index is 13.3. The third kappa shape index (κ3) is 6.22. The molecular formula is C29H34N4O2S. The van der Waals surface area contributed by atoms with E-state index in [1.54, 1.807) is 11.3 Å². The molecule has 5 rings (SSSR count). The summed E-state index contributed by atoms with van der Waals surface area (Å²) in [5.41, 5.74) is 4.18. The van der Waals surface area contributed by atoms with Gasteiger partial charge in [-0.25, -0.2) is 0 Å². The molecule has 0 bridgehead atoms. The summed E-state index contributed by atoms with van der Waals surface area (Å²) in [6.45, 7) is 5.41. The third-order valence-corrected chi connectivity index (χ3v) is 8.24. The number of carbonyl (C=O) groups excluding carboxylic acids is 2. The van der Waals surface area contributed by atoms with Gasteiger partial charge in [0, 0.05) is 44.1 Å². The number of hydrogen-bond donors (Lipinski definition) is 2. The first-order valence-corrected chi connectivity index (χ1v) is 13.7. The van der Waals surface area contributed by atoms with E-state index in [0.29, 0.717) is 23.7 Å². The Balaban J connectivity index is 1.18. The van der Waals surface area contributed by atoms with Crippen LogP contribution in [0, 0.1) is 0 Å². The standard InChI is InChI=1S/C29H34N4O2S/c34-26(21-33-17-15-32(16-18-33)20-23-11-5-2-6-12-23)31-29-27(24-13-7-8-14-25(24)36-29)28(35)30-19-22-9-3-1-4-10-22/h1-6,9-12H,7-8,13-21H2,(H,30,35)(H,31,34). The minimum Gasteiger partial charge on any atom is -0.348 e. The van der Waals surface area contributed by atoms with Gasteiger partial charge in [0.25, 0.3) is 5.91 Å². The lowest BCUT2D eigenvalue weighted by atomic mass is 9.95. The largest absolute Gasteiger partial charge is 0.348 e. The average Bonchev–Trinajstić information content (AvgIpc) is 3.27. The Morgan fingerprint density at radius 2 is 1.44 bits per heavy atom. The van der Waals surface area contributed by atoms with Crippen LogP contribution in [0.2, 0.25) is 0 Å². The molecule has 0 unspecified atom stereocenters. The minimum atomic E-state index is -0.0944. The van der Waals surface area contributed by atoms with Crippen LogP contribution in [0.3, 0.4) is 0 Å². The Labute approximate surface area is 217 Å². The van der Waals surface area contributed by atoms with Gasteiger partial charge < -0.3 is 10.6 Å². The van der Waals surface area contributed by atoms with E-state index in [1.807, 2.05) is 36.4 Å². The summed E-state index contributed by atoms with van der Waals surface area (Å²) in [5.74, 6) is -0.134. The molecule has 3 aromatic rings. The van der Waals surface area contributed by atoms with Crippen molar-refractivity contribution in [1.29, 1.82) is 0 Å². The van der Waals surface area contributed by atoms with Gasteiger partial charge in [-0.05, 0) is 42.4 Å². The molecule has 0 spiro atoms. The summed E-state index contributed by atoms with van der Waals surface area (Å²) in [6.07, 6.45) is 4.11. The van der Waals surface area contributed by atoms with Crippen LogP contribution in [-0.2, 0) is 30.7 Å². The molecule has 2 amide bonds. The summed E-state index contributed by atoms with van der Waals surface area (Å²) < 4.78 is 0. The fourth-order valence-electron chi connectivity index (χ4n) is 5.08. The molecule has 0 atom stereocenters. The van der Waals surface area contributed by atoms with E-state index in [-0.39, 0.29) is 11.8 Å². The van der Waals surface area contributed by atoms with E-state index in [0.717, 1.165) is 69.5 Å². The number of benzene rings is 2. The van der Waals surface area contributed by atoms with Crippen molar-refractivity contribution in [3.05, 3.63) is 87.8 Å². The number of anilines is 1. The highest BCUT2D eigenvalue weighted by molar-refractivity contribution is 7.17. The zero-order chi connectivity index (χ0) is 24.7. The summed E-state index contributed by atoms with van der Waals surface area (Å²) in [4.78, 5) is 32.2. The Morgan fingerprint density at radius 3 is 2.17 bits per heavy atom. The molecule has 0 radical (unpaired) electrons. The first-order valence-electron chi connectivity index (χ1n) is 12.9. The van der Waals surface area contributed by atoms with Gasteiger partial charge in [-0.1, -0.05) is 60.7 Å². The topological polar surface area (TPSA) is 64.7 Å². The predicted molar refractivity (Wildman–Crippen MR) is 145 cm³/mol. The van der Waals surface area contributed by atoms with Gasteiger partial charge in [-0.15, -0.1) is 11.3 Å². The maximum atomic E-state index is 13.3. The quantitative estimate of drug-likeness (QED) is 0.482. The van der Waals surface area contributed by atoms with Crippen molar-refractivity contribution in [2.75, 3.05) is 38.0 Å². The first-order chi connectivity index (χ1) is 17.7. The van der Waals surface area contributed by atoms with Crippen LogP contribution in [0.5, 0.6) is 0 Å². The number of rotatable bonds is 8. The molecular weight excluding hydrogens is 468 g/mol. The van der Waals surface area contributed by atoms with Crippen molar-refractivity contribution in [3.63, 3.8) is 0 Å². The molecule has 2 N–H and O–H groups in total. The lowest BCUT2D eigenvalue weighted by molar-refractivity contribution is -0.117. The van der Waals surface area contributed by atoms with Gasteiger partial charge in [0.15, 0.2) is 0 Å². The Hall–Kier alpha value is -3.00. The van der Waals surface area contributed by atoms with Crippen molar-refractivity contribution in [1.82, 2.24) is 15.1 Å². The number of piperazine rings is 1. The van der Waals surface area contributed by atoms with Crippen LogP contribution in [0.4, 0.5) is 5.00 Å². The number of nitrogens with one attached hydrogen (secondary N) is 2. The second kappa shape index (κ2) is 11.8. The second-order valence-electron chi connectivity index (χ2n) is 9.67. The van der Waals surface area contributed by atoms with Gasteiger partial charge in [0.2, 0.25) is 5.91 Å². The smallest absolute Gasteiger partial charge is 0.254 e. The van der Waals surface area contributed by atoms with Crippen LogP contribution in [0.1, 0.15) is 44.8 Å². The highest BCUT2D eigenvalue weighted by atomic mass is 32.1. The van der Waals surface area contributed by atoms with Gasteiger partial charge in [0.1, 0.15) is 5.00 Å². The summed E-state index contributed by atoms with van der Waals surface area (Å²) in [6, 6.07) is 20.4. The molecule has 2 heterocycles. The number of thiophene rings is 1. The summed E-state index contributed by atoms with van der Waals surface area (Å²) >= 11 is 1.58. The molecule has 1 aromatic heterocycles. The van der Waals surface area contributed by atoms with Gasteiger partial charge >= 0.3 is 0 Å². The normalized spacial score (nSPS) is 16.3. The number of hydrogen-bond acceptors (Lipinski definition) is 5. The average molecular weight is 503 g/mol. The highest BCUT2D eigenvalue weighted by Crippen LogP contribution is 2.38. The lowest BCUT2D eigenvalue weighted by Gasteiger charge is -2.34. The number of carbonyl (C=O) groups is 2. The van der Waals surface area contributed by atoms with Crippen LogP contribution in [-0.4, -0.2) is 54.3 Å². The number of aryl methyl sites for hydroxylation is 1. The fraction of sp³-hybridized carbons (Fsp3) is 0.379. The first kappa shape index (κ1) is 24.7. The van der Waals surface area contributed by atoms with Gasteiger partial charge in [-0.3, -0.25) is 19.4 Å². The van der Waals surface area contributed by atoms with Crippen molar-refractivity contribution in [3.8, 4) is 0 Å². The molecule has 36 heavy (non-hydrogen) atoms. The van der Waals surface area contributed by atoms with E-state index in [4.69, 9.17) is 0 Å². The zero-order valence-corrected chi connectivity index (χ0v) is 21.5. The van der Waals surface area contributed by atoms with Gasteiger partial charge in [0.05, 0.1) is 12.1 Å². The van der Waals surface area contributed by atoms with E-state index in [1.165, 1.54) is 10.4 Å². The lowest BCUT2D eigenvalue weighted by Crippen LogP contribution is -2.48. The van der Waals surface area contributed by atoms with Crippen molar-refractivity contribution in [2.24, 2.45) is 0 Å². The molecule has 0 saturated carbocycles. The number of nitrogens with zero attached hydrogens (tertiary/aromatic N) is 2. The van der Waals surface area contributed by atoms with E-state index >= 15 is 0 Å². The van der Waals surface area contributed by atoms with Crippen LogP contribution in [0.15, 0.2) is 60.7 Å². The number of fused-ring (bicyclic) bond motifs is 1. The van der Waals surface area contributed by atoms with Crippen LogP contribution < -0.4 is 10.6 Å². The molecule has 1 aliphatic heterocycles. The zero-order valence-electron chi connectivity index (χ0n) is 20.7. The molecule has 1 saturated heterocycles. The highest BCUT2D eigenvalue weighted by Gasteiger charge is 2.27. The van der Waals surface area contributed by atoms with E-state index < -0.39 is 0 Å². The molecule has 188 valence electrons. The third-order valence-electron chi connectivity index (χ3n) is 7.03. The van der Waals surface area contributed by atoms with Crippen molar-refractivity contribution >= 4 is 28.2 Å². The minimum absolute atomic E-state index is 0.0396. The Bertz CT molecular complexity index is 1170. The van der Waals surface area contributed by atoms with Crippen molar-refractivity contribution in [2.45, 2.75) is 38.8 Å².